The summed E-state index contributed by atoms with van der Waals surface area (Å²) in [4.78, 5) is 23.0. The van der Waals surface area contributed by atoms with Gasteiger partial charge in [0.25, 0.3) is 5.69 Å². The van der Waals surface area contributed by atoms with Crippen molar-refractivity contribution in [2.45, 2.75) is 38.8 Å². The Morgan fingerprint density at radius 1 is 1.21 bits per heavy atom. The molecule has 0 saturated carbocycles. The molecule has 1 atom stereocenters. The molecule has 0 aromatic heterocycles. The summed E-state index contributed by atoms with van der Waals surface area (Å²) in [5.74, 6) is -0.0247. The van der Waals surface area contributed by atoms with Crippen LogP contribution >= 0.6 is 0 Å². The number of carbonyl (C=O) groups is 1. The molecule has 0 aliphatic carbocycles. The first-order chi connectivity index (χ1) is 14.0. The second-order valence-corrected chi connectivity index (χ2v) is 6.38. The zero-order valence-electron chi connectivity index (χ0n) is 16.8. The van der Waals surface area contributed by atoms with Crippen molar-refractivity contribution in [2.24, 2.45) is 0 Å². The van der Waals surface area contributed by atoms with Gasteiger partial charge in [0.05, 0.1) is 25.2 Å². The van der Waals surface area contributed by atoms with E-state index < -0.39 is 17.0 Å². The molecule has 8 heteroatoms. The van der Waals surface area contributed by atoms with Crippen molar-refractivity contribution in [3.8, 4) is 11.5 Å². The predicted molar refractivity (Wildman–Crippen MR) is 109 cm³/mol. The zero-order chi connectivity index (χ0) is 21.2. The Balaban J connectivity index is 2.40. The summed E-state index contributed by atoms with van der Waals surface area (Å²) >= 11 is 0. The van der Waals surface area contributed by atoms with E-state index in [0.717, 1.165) is 18.5 Å². The second kappa shape index (κ2) is 10.9. The number of anilines is 1. The van der Waals surface area contributed by atoms with E-state index in [4.69, 9.17) is 14.2 Å². The number of nitrogens with zero attached hydrogens (tertiary/aromatic N) is 1. The smallest absolute Gasteiger partial charge is 0.347 e. The number of unbranched alkanes of at least 4 members (excludes halogenated alkanes) is 1. The van der Waals surface area contributed by atoms with Gasteiger partial charge in [0.15, 0.2) is 17.6 Å². The highest BCUT2D eigenvalue weighted by Gasteiger charge is 2.26. The van der Waals surface area contributed by atoms with Crippen LogP contribution in [0.1, 0.15) is 31.7 Å². The van der Waals surface area contributed by atoms with Gasteiger partial charge in [-0.1, -0.05) is 31.5 Å². The summed E-state index contributed by atoms with van der Waals surface area (Å²) in [6.07, 6.45) is 1.30. The van der Waals surface area contributed by atoms with Gasteiger partial charge in [-0.05, 0) is 25.0 Å². The van der Waals surface area contributed by atoms with Gasteiger partial charge in [0, 0.05) is 23.9 Å². The lowest BCUT2D eigenvalue weighted by Crippen LogP contribution is -2.29. The second-order valence-electron chi connectivity index (χ2n) is 6.38. The van der Waals surface area contributed by atoms with Crippen molar-refractivity contribution in [3.05, 3.63) is 58.1 Å². The normalized spacial score (nSPS) is 11.4. The average Bonchev–Trinajstić information content (AvgIpc) is 2.75. The van der Waals surface area contributed by atoms with E-state index in [0.29, 0.717) is 12.0 Å². The molecule has 0 fully saturated rings. The molecule has 2 aromatic carbocycles. The van der Waals surface area contributed by atoms with Crippen molar-refractivity contribution in [2.75, 3.05) is 19.5 Å². The summed E-state index contributed by atoms with van der Waals surface area (Å²) in [6, 6.07) is 12.1. The molecule has 8 nitrogen and oxygen atoms in total. The van der Waals surface area contributed by atoms with Crippen LogP contribution in [0, 0.1) is 10.1 Å². The maximum absolute atomic E-state index is 12.2. The lowest BCUT2D eigenvalue weighted by Gasteiger charge is -2.21. The average molecular weight is 402 g/mol. The van der Waals surface area contributed by atoms with E-state index in [-0.39, 0.29) is 23.7 Å². The number of benzene rings is 2. The SMILES string of the molecule is CCCCC(Oc1c(CNc2ccccc2)cc([N+](=O)[O-])cc1OC)C(=O)OC. The minimum absolute atomic E-state index is 0.123. The number of esters is 1. The van der Waals surface area contributed by atoms with Crippen LogP contribution in [0.5, 0.6) is 11.5 Å². The number of carbonyl (C=O) groups excluding carboxylic acids is 1. The summed E-state index contributed by atoms with van der Waals surface area (Å²) in [6.45, 7) is 2.26. The van der Waals surface area contributed by atoms with Gasteiger partial charge in [-0.2, -0.15) is 0 Å². The summed E-state index contributed by atoms with van der Waals surface area (Å²) in [5, 5.41) is 14.5. The van der Waals surface area contributed by atoms with Crippen molar-refractivity contribution < 1.29 is 23.9 Å². The molecule has 156 valence electrons. The number of non-ortho nitro benzene ring substituents is 1. The van der Waals surface area contributed by atoms with Crippen LogP contribution in [-0.2, 0) is 16.1 Å². The van der Waals surface area contributed by atoms with E-state index in [2.05, 4.69) is 5.32 Å². The van der Waals surface area contributed by atoms with E-state index in [1.165, 1.54) is 26.4 Å². The van der Waals surface area contributed by atoms with Gasteiger partial charge in [-0.25, -0.2) is 4.79 Å². The van der Waals surface area contributed by atoms with Gasteiger partial charge in [-0.3, -0.25) is 10.1 Å². The Labute approximate surface area is 169 Å². The summed E-state index contributed by atoms with van der Waals surface area (Å²) in [7, 11) is 2.70. The van der Waals surface area contributed by atoms with E-state index >= 15 is 0 Å². The molecule has 0 amide bonds. The van der Waals surface area contributed by atoms with Crippen LogP contribution in [0.4, 0.5) is 11.4 Å². The highest BCUT2D eigenvalue weighted by molar-refractivity contribution is 5.75. The van der Waals surface area contributed by atoms with Gasteiger partial charge >= 0.3 is 5.97 Å². The molecule has 29 heavy (non-hydrogen) atoms. The Morgan fingerprint density at radius 2 is 1.93 bits per heavy atom. The maximum Gasteiger partial charge on any atom is 0.347 e. The fourth-order valence-corrected chi connectivity index (χ4v) is 2.81. The van der Waals surface area contributed by atoms with Crippen LogP contribution in [0.15, 0.2) is 42.5 Å². The fourth-order valence-electron chi connectivity index (χ4n) is 2.81. The van der Waals surface area contributed by atoms with Gasteiger partial charge < -0.3 is 19.5 Å². The van der Waals surface area contributed by atoms with Crippen molar-refractivity contribution in [1.29, 1.82) is 0 Å². The Morgan fingerprint density at radius 3 is 2.52 bits per heavy atom. The van der Waals surface area contributed by atoms with Crippen LogP contribution in [0.25, 0.3) is 0 Å². The third kappa shape index (κ3) is 6.10. The molecule has 1 unspecified atom stereocenters. The first-order valence-corrected chi connectivity index (χ1v) is 9.38. The van der Waals surface area contributed by atoms with Crippen LogP contribution in [-0.4, -0.2) is 31.2 Å². The molecule has 0 bridgehead atoms. The molecule has 0 heterocycles. The van der Waals surface area contributed by atoms with E-state index in [1.54, 1.807) is 0 Å². The highest BCUT2D eigenvalue weighted by Crippen LogP contribution is 2.37. The molecular weight excluding hydrogens is 376 g/mol. The van der Waals surface area contributed by atoms with E-state index in [9.17, 15) is 14.9 Å². The molecule has 0 aliphatic heterocycles. The number of nitrogens with one attached hydrogen (secondary N) is 1. The zero-order valence-corrected chi connectivity index (χ0v) is 16.8. The van der Waals surface area contributed by atoms with Crippen LogP contribution < -0.4 is 14.8 Å². The minimum Gasteiger partial charge on any atom is -0.493 e. The Bertz CT molecular complexity index is 825. The third-order valence-electron chi connectivity index (χ3n) is 4.35. The van der Waals surface area contributed by atoms with Crippen molar-refractivity contribution >= 4 is 17.3 Å². The minimum atomic E-state index is -0.828. The number of para-hydroxylation sites is 1. The monoisotopic (exact) mass is 402 g/mol. The molecule has 2 aromatic rings. The number of ether oxygens (including phenoxy) is 3. The summed E-state index contributed by atoms with van der Waals surface area (Å²) < 4.78 is 16.2. The number of nitro groups is 1. The third-order valence-corrected chi connectivity index (χ3v) is 4.35. The molecule has 0 saturated heterocycles. The number of rotatable bonds is 11. The molecule has 0 radical (unpaired) electrons. The predicted octanol–water partition coefficient (Wildman–Crippen LogP) is 4.33. The maximum atomic E-state index is 12.2. The molecule has 0 spiro atoms. The highest BCUT2D eigenvalue weighted by atomic mass is 16.6. The van der Waals surface area contributed by atoms with Crippen LogP contribution in [0.3, 0.4) is 0 Å². The van der Waals surface area contributed by atoms with Gasteiger partial charge in [-0.15, -0.1) is 0 Å². The lowest BCUT2D eigenvalue weighted by atomic mass is 10.1. The van der Waals surface area contributed by atoms with Crippen molar-refractivity contribution in [3.63, 3.8) is 0 Å². The Hall–Kier alpha value is -3.29. The number of nitro benzene ring substituents is 1. The molecule has 2 rings (SSSR count). The molecule has 0 aliphatic rings. The standard InChI is InChI=1S/C21H26N2O6/c1-4-5-11-18(21(24)28-3)29-20-15(14-22-16-9-7-6-8-10-16)12-17(23(25)26)13-19(20)27-2/h6-10,12-13,18,22H,4-5,11,14H2,1-3H3. The Kier molecular flexibility index (Phi) is 8.27. The van der Waals surface area contributed by atoms with Crippen molar-refractivity contribution in [1.82, 2.24) is 0 Å². The molecule has 1 N–H and O–H groups in total. The fraction of sp³-hybridized carbons (Fsp3) is 0.381. The van der Waals surface area contributed by atoms with E-state index in [1.807, 2.05) is 37.3 Å². The number of hydrogen-bond donors (Lipinski definition) is 1. The number of methoxy groups -OCH3 is 2. The van der Waals surface area contributed by atoms with Gasteiger partial charge in [0.2, 0.25) is 0 Å². The number of hydrogen-bond acceptors (Lipinski definition) is 7. The lowest BCUT2D eigenvalue weighted by molar-refractivity contribution is -0.385. The molecular formula is C21H26N2O6. The summed E-state index contributed by atoms with van der Waals surface area (Å²) in [5.41, 5.74) is 1.23. The largest absolute Gasteiger partial charge is 0.493 e. The van der Waals surface area contributed by atoms with Crippen LogP contribution in [0.2, 0.25) is 0 Å². The topological polar surface area (TPSA) is 99.9 Å². The first kappa shape index (κ1) is 22.0. The van der Waals surface area contributed by atoms with Gasteiger partial charge in [0.1, 0.15) is 0 Å². The first-order valence-electron chi connectivity index (χ1n) is 9.38. The quantitative estimate of drug-likeness (QED) is 0.339.